The molecule has 2 atom stereocenters. The van der Waals surface area contributed by atoms with Crippen LogP contribution in [0, 0.1) is 0 Å². The maximum Gasteiger partial charge on any atom is 0.472 e. The zero-order valence-electron chi connectivity index (χ0n) is 37.5. The average molecular weight is 828 g/mol. The summed E-state index contributed by atoms with van der Waals surface area (Å²) in [6.07, 6.45) is 45.0. The van der Waals surface area contributed by atoms with Crippen LogP contribution in [0.4, 0.5) is 0 Å². The molecule has 10 heteroatoms. The number of hydrogen-bond acceptors (Lipinski definition) is 8. The molecule has 0 aliphatic rings. The lowest BCUT2D eigenvalue weighted by atomic mass is 10.1. The predicted octanol–water partition coefficient (Wildman–Crippen LogP) is 13.8. The van der Waals surface area contributed by atoms with Crippen LogP contribution in [0.25, 0.3) is 0 Å². The molecule has 0 aliphatic heterocycles. The molecular weight excluding hydrogens is 737 g/mol. The quantitative estimate of drug-likeness (QED) is 0.0278. The SMILES string of the molecule is CCCCCCCC/C=C\CCCCCCCCCC(=O)OCC(COP(=O)(O)OCCN(C)C)OC(=O)CCCCCCCCC/C=C\CCCCCCCC. The highest BCUT2D eigenvalue weighted by atomic mass is 31.2. The Hall–Kier alpha value is -1.51. The maximum absolute atomic E-state index is 12.7. The molecule has 336 valence electrons. The Kier molecular flexibility index (Phi) is 41.5. The molecule has 9 nitrogen and oxygen atoms in total. The van der Waals surface area contributed by atoms with Crippen molar-refractivity contribution in [3.8, 4) is 0 Å². The van der Waals surface area contributed by atoms with E-state index in [1.54, 1.807) is 0 Å². The Morgan fingerprint density at radius 2 is 0.895 bits per heavy atom. The second kappa shape index (κ2) is 42.6. The summed E-state index contributed by atoms with van der Waals surface area (Å²) in [7, 11) is -0.711. The van der Waals surface area contributed by atoms with Crippen LogP contribution >= 0.6 is 7.82 Å². The fraction of sp³-hybridized carbons (Fsp3) is 0.872. The number of carbonyl (C=O) groups is 2. The summed E-state index contributed by atoms with van der Waals surface area (Å²) in [6, 6.07) is 0. The Morgan fingerprint density at radius 3 is 1.30 bits per heavy atom. The van der Waals surface area contributed by atoms with Gasteiger partial charge in [0, 0.05) is 19.4 Å². The summed E-state index contributed by atoms with van der Waals surface area (Å²) in [5, 5.41) is 0. The zero-order chi connectivity index (χ0) is 41.9. The molecule has 0 rings (SSSR count). The summed E-state index contributed by atoms with van der Waals surface area (Å²) >= 11 is 0. The van der Waals surface area contributed by atoms with E-state index < -0.39 is 26.5 Å². The van der Waals surface area contributed by atoms with Crippen LogP contribution in [0.5, 0.6) is 0 Å². The third-order valence-corrected chi connectivity index (χ3v) is 11.2. The predicted molar refractivity (Wildman–Crippen MR) is 238 cm³/mol. The summed E-state index contributed by atoms with van der Waals surface area (Å²) in [4.78, 5) is 37.1. The molecule has 0 spiro atoms. The maximum atomic E-state index is 12.7. The molecule has 1 N–H and O–H groups in total. The number of esters is 2. The fourth-order valence-corrected chi connectivity index (χ4v) is 7.30. The largest absolute Gasteiger partial charge is 0.472 e. The van der Waals surface area contributed by atoms with Gasteiger partial charge >= 0.3 is 19.8 Å². The molecule has 0 saturated carbocycles. The number of unbranched alkanes of at least 4 members (excludes halogenated alkanes) is 26. The van der Waals surface area contributed by atoms with Gasteiger partial charge in [0.15, 0.2) is 6.10 Å². The number of allylic oxidation sites excluding steroid dienone is 4. The van der Waals surface area contributed by atoms with Crippen LogP contribution in [0.15, 0.2) is 24.3 Å². The van der Waals surface area contributed by atoms with Gasteiger partial charge in [-0.2, -0.15) is 0 Å². The van der Waals surface area contributed by atoms with Gasteiger partial charge in [0.1, 0.15) is 6.61 Å². The third kappa shape index (κ3) is 43.9. The van der Waals surface area contributed by atoms with Gasteiger partial charge in [0.05, 0.1) is 13.2 Å². The van der Waals surface area contributed by atoms with Gasteiger partial charge in [0.25, 0.3) is 0 Å². The first kappa shape index (κ1) is 55.5. The molecule has 0 bridgehead atoms. The van der Waals surface area contributed by atoms with E-state index in [0.717, 1.165) is 44.9 Å². The summed E-state index contributed by atoms with van der Waals surface area (Å²) < 4.78 is 33.5. The van der Waals surface area contributed by atoms with Gasteiger partial charge in [-0.3, -0.25) is 18.6 Å². The Morgan fingerprint density at radius 1 is 0.526 bits per heavy atom. The lowest BCUT2D eigenvalue weighted by Crippen LogP contribution is -2.29. The summed E-state index contributed by atoms with van der Waals surface area (Å²) in [5.41, 5.74) is 0. The molecule has 0 saturated heterocycles. The van der Waals surface area contributed by atoms with Crippen molar-refractivity contribution in [2.45, 2.75) is 225 Å². The minimum Gasteiger partial charge on any atom is -0.462 e. The van der Waals surface area contributed by atoms with Gasteiger partial charge in [-0.15, -0.1) is 0 Å². The standard InChI is InChI=1S/C47H90NO8P/c1-5-7-9-11-13-15-17-19-21-23-25-27-29-31-33-35-37-39-46(49)53-43-45(44-55-57(51,52)54-42-41-48(3)4)56-47(50)40-38-36-34-32-30-28-26-24-22-20-18-16-14-12-10-8-6-2/h19-22,45H,5-18,23-44H2,1-4H3,(H,51,52)/b21-19-,22-20-. The number of rotatable bonds is 44. The first-order valence-electron chi connectivity index (χ1n) is 23.6. The van der Waals surface area contributed by atoms with E-state index in [1.807, 2.05) is 19.0 Å². The van der Waals surface area contributed by atoms with Crippen molar-refractivity contribution in [2.24, 2.45) is 0 Å². The van der Waals surface area contributed by atoms with E-state index in [-0.39, 0.29) is 32.0 Å². The Balaban J connectivity index is 4.24. The highest BCUT2D eigenvalue weighted by Crippen LogP contribution is 2.43. The van der Waals surface area contributed by atoms with Crippen molar-refractivity contribution in [3.63, 3.8) is 0 Å². The van der Waals surface area contributed by atoms with Gasteiger partial charge < -0.3 is 19.3 Å². The van der Waals surface area contributed by atoms with Crippen molar-refractivity contribution in [3.05, 3.63) is 24.3 Å². The molecular formula is C47H90NO8P. The monoisotopic (exact) mass is 828 g/mol. The van der Waals surface area contributed by atoms with E-state index in [0.29, 0.717) is 13.0 Å². The van der Waals surface area contributed by atoms with Crippen molar-refractivity contribution < 1.29 is 37.6 Å². The van der Waals surface area contributed by atoms with Crippen LogP contribution in [-0.2, 0) is 32.7 Å². The van der Waals surface area contributed by atoms with Gasteiger partial charge in [-0.05, 0) is 78.3 Å². The molecule has 2 unspecified atom stereocenters. The number of ether oxygens (including phenoxy) is 2. The molecule has 0 aromatic carbocycles. The number of likely N-dealkylation sites (N-methyl/N-ethyl adjacent to an activating group) is 1. The second-order valence-electron chi connectivity index (χ2n) is 16.3. The molecule has 0 fully saturated rings. The first-order valence-corrected chi connectivity index (χ1v) is 25.1. The smallest absolute Gasteiger partial charge is 0.462 e. The minimum absolute atomic E-state index is 0.00722. The van der Waals surface area contributed by atoms with Gasteiger partial charge in [0.2, 0.25) is 0 Å². The molecule has 0 heterocycles. The Bertz CT molecular complexity index is 1000. The van der Waals surface area contributed by atoms with Crippen LogP contribution in [0.1, 0.15) is 219 Å². The van der Waals surface area contributed by atoms with Crippen molar-refractivity contribution >= 4 is 19.8 Å². The van der Waals surface area contributed by atoms with Crippen molar-refractivity contribution in [2.75, 3.05) is 40.5 Å². The van der Waals surface area contributed by atoms with E-state index in [4.69, 9.17) is 18.5 Å². The Labute approximate surface area is 351 Å². The van der Waals surface area contributed by atoms with E-state index in [1.165, 1.54) is 141 Å². The van der Waals surface area contributed by atoms with Crippen LogP contribution in [0.2, 0.25) is 0 Å². The summed E-state index contributed by atoms with van der Waals surface area (Å²) in [6.45, 7) is 4.33. The number of phosphoric acid groups is 1. The van der Waals surface area contributed by atoms with Gasteiger partial charge in [-0.25, -0.2) is 4.57 Å². The number of nitrogens with zero attached hydrogens (tertiary/aromatic N) is 1. The fourth-order valence-electron chi connectivity index (χ4n) is 6.56. The molecule has 0 aromatic heterocycles. The molecule has 0 radical (unpaired) electrons. The third-order valence-electron chi connectivity index (χ3n) is 10.2. The van der Waals surface area contributed by atoms with Crippen molar-refractivity contribution in [1.82, 2.24) is 4.90 Å². The van der Waals surface area contributed by atoms with Crippen LogP contribution in [-0.4, -0.2) is 68.3 Å². The number of phosphoric ester groups is 1. The molecule has 0 amide bonds. The van der Waals surface area contributed by atoms with Gasteiger partial charge in [-0.1, -0.05) is 167 Å². The number of carbonyl (C=O) groups excluding carboxylic acids is 2. The van der Waals surface area contributed by atoms with Crippen LogP contribution in [0.3, 0.4) is 0 Å². The first-order chi connectivity index (χ1) is 27.7. The second-order valence-corrected chi connectivity index (χ2v) is 17.7. The highest BCUT2D eigenvalue weighted by molar-refractivity contribution is 7.47. The van der Waals surface area contributed by atoms with E-state index in [9.17, 15) is 19.0 Å². The topological polar surface area (TPSA) is 112 Å². The lowest BCUT2D eigenvalue weighted by molar-refractivity contribution is -0.161. The zero-order valence-corrected chi connectivity index (χ0v) is 38.4. The molecule has 0 aliphatic carbocycles. The molecule has 57 heavy (non-hydrogen) atoms. The van der Waals surface area contributed by atoms with E-state index >= 15 is 0 Å². The average Bonchev–Trinajstić information content (AvgIpc) is 3.18. The molecule has 0 aromatic rings. The summed E-state index contributed by atoms with van der Waals surface area (Å²) in [5.74, 6) is -0.805. The number of hydrogen-bond donors (Lipinski definition) is 1. The lowest BCUT2D eigenvalue weighted by Gasteiger charge is -2.20. The minimum atomic E-state index is -4.36. The highest BCUT2D eigenvalue weighted by Gasteiger charge is 2.26. The van der Waals surface area contributed by atoms with E-state index in [2.05, 4.69) is 38.2 Å². The van der Waals surface area contributed by atoms with Crippen LogP contribution < -0.4 is 0 Å². The normalized spacial score (nSPS) is 13.5. The van der Waals surface area contributed by atoms with Crippen molar-refractivity contribution in [1.29, 1.82) is 0 Å².